The number of nitrogens with zero attached hydrogens (tertiary/aromatic N) is 1. The van der Waals surface area contributed by atoms with E-state index >= 15 is 0 Å². The number of anilines is 1. The smallest absolute Gasteiger partial charge is 0.177 e. The van der Waals surface area contributed by atoms with Gasteiger partial charge < -0.3 is 5.43 Å². The monoisotopic (exact) mass is 321 g/mol. The maximum atomic E-state index is 13.6. The van der Waals surface area contributed by atoms with E-state index in [1.165, 1.54) is 0 Å². The van der Waals surface area contributed by atoms with Crippen LogP contribution in [0, 0.1) is 11.6 Å². The van der Waals surface area contributed by atoms with Crippen LogP contribution in [0.4, 0.5) is 14.6 Å². The maximum Gasteiger partial charge on any atom is 0.177 e. The molecule has 0 aliphatic carbocycles. The highest BCUT2D eigenvalue weighted by Gasteiger charge is 2.13. The quantitative estimate of drug-likeness (QED) is 0.660. The van der Waals surface area contributed by atoms with E-state index in [0.29, 0.717) is 21.0 Å². The lowest BCUT2D eigenvalue weighted by Gasteiger charge is -2.07. The molecule has 8 heteroatoms. The van der Waals surface area contributed by atoms with Crippen molar-refractivity contribution in [1.29, 1.82) is 0 Å². The summed E-state index contributed by atoms with van der Waals surface area (Å²) < 4.78 is 26.8. The van der Waals surface area contributed by atoms with E-state index in [1.54, 1.807) is 18.2 Å². The lowest BCUT2D eigenvalue weighted by atomic mass is 10.4. The molecule has 1 aromatic carbocycles. The third kappa shape index (κ3) is 3.27. The molecule has 1 aromatic heterocycles. The first-order valence-electron chi connectivity index (χ1n) is 4.97. The Balaban J connectivity index is 2.34. The molecule has 0 radical (unpaired) electrons. The van der Waals surface area contributed by atoms with Crippen LogP contribution >= 0.6 is 35.0 Å². The molecule has 0 aliphatic heterocycles. The van der Waals surface area contributed by atoms with Crippen molar-refractivity contribution in [2.75, 3.05) is 5.43 Å². The van der Waals surface area contributed by atoms with Crippen molar-refractivity contribution < 1.29 is 8.78 Å². The topological polar surface area (TPSA) is 50.9 Å². The van der Waals surface area contributed by atoms with Crippen LogP contribution in [0.1, 0.15) is 0 Å². The van der Waals surface area contributed by atoms with Gasteiger partial charge in [0.15, 0.2) is 17.5 Å². The maximum absolute atomic E-state index is 13.6. The second-order valence-electron chi connectivity index (χ2n) is 3.43. The third-order valence-electron chi connectivity index (χ3n) is 2.14. The molecular weight excluding hydrogens is 315 g/mol. The van der Waals surface area contributed by atoms with Crippen molar-refractivity contribution in [3.05, 3.63) is 45.9 Å². The Morgan fingerprint density at radius 2 is 1.84 bits per heavy atom. The summed E-state index contributed by atoms with van der Waals surface area (Å²) >= 11 is 12.6. The van der Waals surface area contributed by atoms with Gasteiger partial charge in [-0.25, -0.2) is 19.6 Å². The Labute approximate surface area is 122 Å². The Hall–Kier alpha value is -1.08. The predicted molar refractivity (Wildman–Crippen MR) is 72.5 cm³/mol. The van der Waals surface area contributed by atoms with E-state index in [4.69, 9.17) is 29.0 Å². The minimum atomic E-state index is -0.863. The molecule has 0 amide bonds. The number of rotatable bonds is 3. The van der Waals surface area contributed by atoms with Crippen LogP contribution in [0.15, 0.2) is 34.2 Å². The summed E-state index contributed by atoms with van der Waals surface area (Å²) in [6.07, 6.45) is 0. The molecule has 0 aliphatic rings. The molecule has 0 atom stereocenters. The molecule has 1 heterocycles. The summed E-state index contributed by atoms with van der Waals surface area (Å²) in [6.45, 7) is 0. The number of hydrazine groups is 1. The van der Waals surface area contributed by atoms with Crippen molar-refractivity contribution in [2.45, 2.75) is 9.92 Å². The first-order chi connectivity index (χ1) is 9.01. The molecule has 0 fully saturated rings. The molecule has 0 unspecified atom stereocenters. The molecule has 0 saturated carbocycles. The van der Waals surface area contributed by atoms with Gasteiger partial charge in [-0.15, -0.1) is 0 Å². The third-order valence-corrected chi connectivity index (χ3v) is 3.85. The first kappa shape index (κ1) is 14.3. The van der Waals surface area contributed by atoms with Gasteiger partial charge in [0.1, 0.15) is 5.03 Å². The number of benzene rings is 1. The molecule has 2 rings (SSSR count). The molecule has 100 valence electrons. The van der Waals surface area contributed by atoms with Crippen LogP contribution in [0.2, 0.25) is 10.0 Å². The SMILES string of the molecule is NNc1nc(Sc2ccc(Cl)c(Cl)c2)c(F)cc1F. The van der Waals surface area contributed by atoms with Crippen LogP contribution in [-0.4, -0.2) is 4.98 Å². The molecule has 3 nitrogen and oxygen atoms in total. The van der Waals surface area contributed by atoms with Crippen LogP contribution in [0.5, 0.6) is 0 Å². The van der Waals surface area contributed by atoms with Gasteiger partial charge in [-0.3, -0.25) is 0 Å². The zero-order valence-electron chi connectivity index (χ0n) is 9.25. The standard InChI is InChI=1S/C11H7Cl2F2N3S/c12-6-2-1-5(3-7(6)13)19-11-9(15)4-8(14)10(17-11)18-16/h1-4H,16H2,(H,17,18). The fraction of sp³-hybridized carbons (Fsp3) is 0. The summed E-state index contributed by atoms with van der Waals surface area (Å²) in [5.74, 6) is 3.20. The highest BCUT2D eigenvalue weighted by molar-refractivity contribution is 7.99. The zero-order chi connectivity index (χ0) is 14.0. The predicted octanol–water partition coefficient (Wildman–Crippen LogP) is 4.10. The van der Waals surface area contributed by atoms with E-state index in [-0.39, 0.29) is 10.8 Å². The number of nitrogen functional groups attached to an aromatic ring is 1. The van der Waals surface area contributed by atoms with Crippen LogP contribution < -0.4 is 11.3 Å². The van der Waals surface area contributed by atoms with Gasteiger partial charge in [0.25, 0.3) is 0 Å². The van der Waals surface area contributed by atoms with E-state index in [2.05, 4.69) is 10.4 Å². The van der Waals surface area contributed by atoms with E-state index < -0.39 is 11.6 Å². The Bertz CT molecular complexity index is 625. The van der Waals surface area contributed by atoms with Crippen molar-refractivity contribution in [3.8, 4) is 0 Å². The fourth-order valence-corrected chi connectivity index (χ4v) is 2.47. The second-order valence-corrected chi connectivity index (χ2v) is 5.30. The number of pyridine rings is 1. The molecule has 3 N–H and O–H groups in total. The average Bonchev–Trinajstić information content (AvgIpc) is 2.37. The lowest BCUT2D eigenvalue weighted by molar-refractivity contribution is 0.551. The highest BCUT2D eigenvalue weighted by atomic mass is 35.5. The van der Waals surface area contributed by atoms with Crippen LogP contribution in [0.3, 0.4) is 0 Å². The van der Waals surface area contributed by atoms with Crippen LogP contribution in [0.25, 0.3) is 0 Å². The van der Waals surface area contributed by atoms with Gasteiger partial charge in [0.2, 0.25) is 0 Å². The second kappa shape index (κ2) is 5.92. The number of hydrogen-bond acceptors (Lipinski definition) is 4. The van der Waals surface area contributed by atoms with Gasteiger partial charge in [0.05, 0.1) is 10.0 Å². The largest absolute Gasteiger partial charge is 0.306 e. The van der Waals surface area contributed by atoms with Gasteiger partial charge in [-0.05, 0) is 18.2 Å². The van der Waals surface area contributed by atoms with Gasteiger partial charge in [0, 0.05) is 11.0 Å². The van der Waals surface area contributed by atoms with E-state index in [1.807, 2.05) is 0 Å². The summed E-state index contributed by atoms with van der Waals surface area (Å²) in [5.41, 5.74) is 2.06. The minimum Gasteiger partial charge on any atom is -0.306 e. The summed E-state index contributed by atoms with van der Waals surface area (Å²) in [7, 11) is 0. The van der Waals surface area contributed by atoms with Crippen LogP contribution in [-0.2, 0) is 0 Å². The fourth-order valence-electron chi connectivity index (χ4n) is 1.27. The Morgan fingerprint density at radius 3 is 2.47 bits per heavy atom. The summed E-state index contributed by atoms with van der Waals surface area (Å²) in [5, 5.41) is 0.710. The lowest BCUT2D eigenvalue weighted by Crippen LogP contribution is -2.11. The number of nitrogens with one attached hydrogen (secondary N) is 1. The van der Waals surface area contributed by atoms with Gasteiger partial charge in [-0.2, -0.15) is 0 Å². The summed E-state index contributed by atoms with van der Waals surface area (Å²) in [4.78, 5) is 4.36. The van der Waals surface area contributed by atoms with E-state index in [9.17, 15) is 8.78 Å². The zero-order valence-corrected chi connectivity index (χ0v) is 11.6. The minimum absolute atomic E-state index is 0.0206. The Morgan fingerprint density at radius 1 is 1.11 bits per heavy atom. The molecule has 19 heavy (non-hydrogen) atoms. The number of hydrogen-bond donors (Lipinski definition) is 2. The molecule has 0 spiro atoms. The molecule has 0 bridgehead atoms. The molecular formula is C11H7Cl2F2N3S. The van der Waals surface area contributed by atoms with Crippen molar-refractivity contribution >= 4 is 40.8 Å². The highest BCUT2D eigenvalue weighted by Crippen LogP contribution is 2.33. The Kier molecular flexibility index (Phi) is 4.46. The normalized spacial score (nSPS) is 10.6. The van der Waals surface area contributed by atoms with Crippen molar-refractivity contribution in [1.82, 2.24) is 4.98 Å². The van der Waals surface area contributed by atoms with E-state index in [0.717, 1.165) is 11.8 Å². The molecule has 0 saturated heterocycles. The molecule has 2 aromatic rings. The van der Waals surface area contributed by atoms with Crippen molar-refractivity contribution in [3.63, 3.8) is 0 Å². The number of aromatic nitrogens is 1. The average molecular weight is 322 g/mol. The summed E-state index contributed by atoms with van der Waals surface area (Å²) in [6, 6.07) is 5.51. The first-order valence-corrected chi connectivity index (χ1v) is 6.54. The van der Waals surface area contributed by atoms with Gasteiger partial charge >= 0.3 is 0 Å². The van der Waals surface area contributed by atoms with Gasteiger partial charge in [-0.1, -0.05) is 35.0 Å². The van der Waals surface area contributed by atoms with Crippen molar-refractivity contribution in [2.24, 2.45) is 5.84 Å². The number of halogens is 4. The number of nitrogens with two attached hydrogens (primary N) is 1.